The van der Waals surface area contributed by atoms with Gasteiger partial charge in [0.1, 0.15) is 0 Å². The van der Waals surface area contributed by atoms with E-state index in [0.29, 0.717) is 5.17 Å². The van der Waals surface area contributed by atoms with E-state index in [1.165, 1.54) is 16.8 Å². The van der Waals surface area contributed by atoms with Gasteiger partial charge in [-0.3, -0.25) is 10.2 Å². The monoisotopic (exact) mass is 270 g/mol. The number of nitrogens with zero attached hydrogens (tertiary/aromatic N) is 3. The summed E-state index contributed by atoms with van der Waals surface area (Å²) in [5, 5.41) is 14.9. The summed E-state index contributed by atoms with van der Waals surface area (Å²) in [6, 6.07) is 9.41. The Morgan fingerprint density at radius 2 is 2.05 bits per heavy atom. The van der Waals surface area contributed by atoms with Crippen LogP contribution in [-0.4, -0.2) is 27.0 Å². The molecule has 0 unspecified atom stereocenters. The first-order valence-electron chi connectivity index (χ1n) is 5.67. The molecule has 94 valence electrons. The second-order valence-corrected chi connectivity index (χ2v) is 5.21. The lowest BCUT2D eigenvalue weighted by molar-refractivity contribution is -0.114. The smallest absolute Gasteiger partial charge is 0.282 e. The van der Waals surface area contributed by atoms with Crippen molar-refractivity contribution in [2.24, 2.45) is 10.1 Å². The number of amidine groups is 2. The molecule has 2 aliphatic heterocycles. The van der Waals surface area contributed by atoms with Crippen molar-refractivity contribution < 1.29 is 4.79 Å². The number of carbonyl (C=O) groups is 1. The molecule has 0 radical (unpaired) electrons. The van der Waals surface area contributed by atoms with Crippen LogP contribution in [-0.2, 0) is 4.79 Å². The third-order valence-corrected chi connectivity index (χ3v) is 3.49. The molecule has 5 nitrogen and oxygen atoms in total. The standard InChI is InChI=1S/C13H10N4OS/c1-8-16-17-11(14)10(12(18)15-13(17)19-8)7-9-5-3-2-4-6-9/h2-7,14H,1H3. The van der Waals surface area contributed by atoms with Crippen LogP contribution < -0.4 is 0 Å². The number of fused-ring (bicyclic) bond motifs is 1. The minimum atomic E-state index is -0.391. The van der Waals surface area contributed by atoms with Gasteiger partial charge in [-0.1, -0.05) is 30.3 Å². The minimum Gasteiger partial charge on any atom is -0.282 e. The molecule has 0 aromatic heterocycles. The maximum absolute atomic E-state index is 12.0. The topological polar surface area (TPSA) is 68.9 Å². The molecule has 1 N–H and O–H groups in total. The molecule has 2 heterocycles. The fourth-order valence-corrected chi connectivity index (χ4v) is 2.54. The summed E-state index contributed by atoms with van der Waals surface area (Å²) in [7, 11) is 0. The second kappa shape index (κ2) is 4.47. The molecular weight excluding hydrogens is 260 g/mol. The molecule has 0 atom stereocenters. The Morgan fingerprint density at radius 1 is 1.32 bits per heavy atom. The van der Waals surface area contributed by atoms with Gasteiger partial charge in [-0.25, -0.2) is 0 Å². The molecule has 0 aliphatic carbocycles. The van der Waals surface area contributed by atoms with E-state index in [1.54, 1.807) is 6.08 Å². The van der Waals surface area contributed by atoms with Gasteiger partial charge >= 0.3 is 0 Å². The fourth-order valence-electron chi connectivity index (χ4n) is 1.80. The molecule has 0 bridgehead atoms. The molecule has 1 aromatic carbocycles. The lowest BCUT2D eigenvalue weighted by Gasteiger charge is -2.20. The first-order chi connectivity index (χ1) is 9.15. The Morgan fingerprint density at radius 3 is 2.79 bits per heavy atom. The molecule has 0 saturated heterocycles. The zero-order valence-corrected chi connectivity index (χ0v) is 10.9. The third kappa shape index (κ3) is 2.10. The number of amides is 1. The van der Waals surface area contributed by atoms with Crippen molar-refractivity contribution in [3.05, 3.63) is 41.5 Å². The molecule has 19 heavy (non-hydrogen) atoms. The summed E-state index contributed by atoms with van der Waals surface area (Å²) in [6.07, 6.45) is 1.67. The predicted molar refractivity (Wildman–Crippen MR) is 77.1 cm³/mol. The van der Waals surface area contributed by atoms with Gasteiger partial charge in [0.05, 0.1) is 10.6 Å². The summed E-state index contributed by atoms with van der Waals surface area (Å²) >= 11 is 1.30. The highest BCUT2D eigenvalue weighted by molar-refractivity contribution is 8.26. The fraction of sp³-hybridized carbons (Fsp3) is 0.0769. The number of hydrazone groups is 1. The van der Waals surface area contributed by atoms with Crippen molar-refractivity contribution in [3.8, 4) is 0 Å². The van der Waals surface area contributed by atoms with E-state index >= 15 is 0 Å². The van der Waals surface area contributed by atoms with E-state index in [1.807, 2.05) is 37.3 Å². The SMILES string of the molecule is CC1=NN2C(=N)C(=Cc3ccccc3)C(=O)N=C2S1. The van der Waals surface area contributed by atoms with Gasteiger partial charge in [0, 0.05) is 0 Å². The van der Waals surface area contributed by atoms with E-state index in [2.05, 4.69) is 10.1 Å². The van der Waals surface area contributed by atoms with Crippen LogP contribution in [0.25, 0.3) is 6.08 Å². The highest BCUT2D eigenvalue weighted by atomic mass is 32.2. The zero-order valence-electron chi connectivity index (χ0n) is 10.1. The van der Waals surface area contributed by atoms with Gasteiger partial charge in [0.25, 0.3) is 5.91 Å². The van der Waals surface area contributed by atoms with Crippen molar-refractivity contribution in [2.75, 3.05) is 0 Å². The third-order valence-electron chi connectivity index (χ3n) is 2.67. The van der Waals surface area contributed by atoms with Crippen LogP contribution in [0.2, 0.25) is 0 Å². The van der Waals surface area contributed by atoms with Crippen molar-refractivity contribution in [1.82, 2.24) is 5.01 Å². The predicted octanol–water partition coefficient (Wildman–Crippen LogP) is 2.33. The van der Waals surface area contributed by atoms with Gasteiger partial charge in [-0.2, -0.15) is 15.1 Å². The molecule has 1 aromatic rings. The first-order valence-corrected chi connectivity index (χ1v) is 6.48. The van der Waals surface area contributed by atoms with E-state index < -0.39 is 5.91 Å². The Kier molecular flexibility index (Phi) is 2.79. The molecule has 6 heteroatoms. The summed E-state index contributed by atoms with van der Waals surface area (Å²) in [6.45, 7) is 1.82. The summed E-state index contributed by atoms with van der Waals surface area (Å²) in [5.41, 5.74) is 1.12. The normalized spacial score (nSPS) is 20.5. The van der Waals surface area contributed by atoms with Crippen molar-refractivity contribution >= 4 is 39.8 Å². The average molecular weight is 270 g/mol. The van der Waals surface area contributed by atoms with E-state index in [0.717, 1.165) is 10.6 Å². The highest BCUT2D eigenvalue weighted by Gasteiger charge is 2.34. The first kappa shape index (κ1) is 11.9. The van der Waals surface area contributed by atoms with Gasteiger partial charge in [0.15, 0.2) is 5.84 Å². The molecule has 3 rings (SSSR count). The van der Waals surface area contributed by atoms with Gasteiger partial charge < -0.3 is 0 Å². The van der Waals surface area contributed by atoms with Crippen LogP contribution in [0.15, 0.2) is 46.0 Å². The quantitative estimate of drug-likeness (QED) is 0.796. The molecule has 0 fully saturated rings. The Hall–Kier alpha value is -2.21. The lowest BCUT2D eigenvalue weighted by atomic mass is 10.1. The van der Waals surface area contributed by atoms with Gasteiger partial charge in [0.2, 0.25) is 5.17 Å². The highest BCUT2D eigenvalue weighted by Crippen LogP contribution is 2.27. The summed E-state index contributed by atoms with van der Waals surface area (Å²) < 4.78 is 0. The largest absolute Gasteiger partial charge is 0.283 e. The molecule has 0 saturated carbocycles. The molecule has 0 spiro atoms. The van der Waals surface area contributed by atoms with Gasteiger partial charge in [-0.15, -0.1) is 0 Å². The summed E-state index contributed by atoms with van der Waals surface area (Å²) in [5.74, 6) is -0.319. The zero-order chi connectivity index (χ0) is 13.4. The van der Waals surface area contributed by atoms with Crippen molar-refractivity contribution in [2.45, 2.75) is 6.92 Å². The van der Waals surface area contributed by atoms with Crippen LogP contribution in [0.4, 0.5) is 0 Å². The Bertz CT molecular complexity index is 660. The Labute approximate surface area is 114 Å². The van der Waals surface area contributed by atoms with Crippen molar-refractivity contribution in [1.29, 1.82) is 5.41 Å². The lowest BCUT2D eigenvalue weighted by Crippen LogP contribution is -2.35. The number of hydrogen-bond acceptors (Lipinski definition) is 4. The maximum Gasteiger partial charge on any atom is 0.283 e. The minimum absolute atomic E-state index is 0.0724. The number of nitrogens with one attached hydrogen (secondary N) is 1. The number of carbonyl (C=O) groups excluding carboxylic acids is 1. The van der Waals surface area contributed by atoms with E-state index in [4.69, 9.17) is 5.41 Å². The van der Waals surface area contributed by atoms with Crippen LogP contribution in [0.3, 0.4) is 0 Å². The number of hydrogen-bond donors (Lipinski definition) is 1. The average Bonchev–Trinajstić information content (AvgIpc) is 2.76. The molecule has 2 aliphatic rings. The van der Waals surface area contributed by atoms with E-state index in [-0.39, 0.29) is 11.4 Å². The van der Waals surface area contributed by atoms with Crippen molar-refractivity contribution in [3.63, 3.8) is 0 Å². The number of thioether (sulfide) groups is 1. The second-order valence-electron chi connectivity index (χ2n) is 4.05. The number of benzene rings is 1. The maximum atomic E-state index is 12.0. The number of rotatable bonds is 1. The van der Waals surface area contributed by atoms with Gasteiger partial charge in [-0.05, 0) is 30.3 Å². The van der Waals surface area contributed by atoms with Crippen LogP contribution in [0.5, 0.6) is 0 Å². The Balaban J connectivity index is 2.03. The molecule has 1 amide bonds. The van der Waals surface area contributed by atoms with Crippen LogP contribution >= 0.6 is 11.8 Å². The van der Waals surface area contributed by atoms with Crippen LogP contribution in [0.1, 0.15) is 12.5 Å². The van der Waals surface area contributed by atoms with E-state index in [9.17, 15) is 4.79 Å². The van der Waals surface area contributed by atoms with Crippen LogP contribution in [0, 0.1) is 5.41 Å². The number of aliphatic imine (C=N–C) groups is 1. The summed E-state index contributed by atoms with van der Waals surface area (Å²) in [4.78, 5) is 15.9. The molecular formula is C13H10N4OS.